The third-order valence-corrected chi connectivity index (χ3v) is 3.94. The zero-order valence-electron chi connectivity index (χ0n) is 11.7. The minimum absolute atomic E-state index is 0.343. The van der Waals surface area contributed by atoms with E-state index in [0.29, 0.717) is 0 Å². The Morgan fingerprint density at radius 3 is 2.39 bits per heavy atom. The van der Waals surface area contributed by atoms with E-state index in [1.54, 1.807) is 0 Å². The van der Waals surface area contributed by atoms with Crippen molar-refractivity contribution in [3.63, 3.8) is 0 Å². The molecule has 18 heavy (non-hydrogen) atoms. The number of hydrogen-bond acceptors (Lipinski definition) is 1. The average Bonchev–Trinajstić information content (AvgIpc) is 2.33. The lowest BCUT2D eigenvalue weighted by atomic mass is 10.0. The van der Waals surface area contributed by atoms with Gasteiger partial charge < -0.3 is 5.11 Å². The highest BCUT2D eigenvalue weighted by Crippen LogP contribution is 2.18. The Kier molecular flexibility index (Phi) is 6.18. The number of rotatable bonds is 5. The van der Waals surface area contributed by atoms with Crippen molar-refractivity contribution in [3.05, 3.63) is 35.9 Å². The third kappa shape index (κ3) is 6.63. The van der Waals surface area contributed by atoms with Crippen LogP contribution in [0, 0.1) is 11.8 Å². The van der Waals surface area contributed by atoms with E-state index in [4.69, 9.17) is 0 Å². The van der Waals surface area contributed by atoms with Crippen molar-refractivity contribution in [2.75, 3.05) is 0 Å². The third-order valence-electron chi connectivity index (χ3n) is 2.71. The zero-order chi connectivity index (χ0) is 13.4. The summed E-state index contributed by atoms with van der Waals surface area (Å²) in [5.41, 5.74) is 1.01. The van der Waals surface area contributed by atoms with Crippen molar-refractivity contribution < 1.29 is 5.11 Å². The van der Waals surface area contributed by atoms with Crippen molar-refractivity contribution >= 4 is 8.07 Å². The molecular formula is C16H24OSi. The molecule has 0 aromatic heterocycles. The van der Waals surface area contributed by atoms with Gasteiger partial charge in [-0.15, -0.1) is 11.8 Å². The van der Waals surface area contributed by atoms with E-state index in [2.05, 4.69) is 31.5 Å². The molecule has 0 aliphatic heterocycles. The molecular weight excluding hydrogens is 236 g/mol. The lowest BCUT2D eigenvalue weighted by Gasteiger charge is -2.10. The Balaban J connectivity index is 2.22. The first kappa shape index (κ1) is 15.0. The molecule has 2 heteroatoms. The standard InChI is InChI=1S/C16H24OSi/c1-18(2,3)14-10-5-4-9-13-16(17)15-11-7-6-8-12-15/h6-8,11-12,16-17H,4,9,13-14H2,1-3H3/t16-/m0/s1. The van der Waals surface area contributed by atoms with Crippen LogP contribution in [-0.4, -0.2) is 13.2 Å². The fourth-order valence-corrected chi connectivity index (χ4v) is 2.30. The van der Waals surface area contributed by atoms with Crippen LogP contribution < -0.4 is 0 Å². The summed E-state index contributed by atoms with van der Waals surface area (Å²) >= 11 is 0. The molecule has 0 unspecified atom stereocenters. The average molecular weight is 260 g/mol. The zero-order valence-corrected chi connectivity index (χ0v) is 12.7. The number of aliphatic hydroxyl groups is 1. The number of benzene rings is 1. The predicted molar refractivity (Wildman–Crippen MR) is 81.2 cm³/mol. The summed E-state index contributed by atoms with van der Waals surface area (Å²) in [7, 11) is -1.01. The van der Waals surface area contributed by atoms with Gasteiger partial charge in [-0.3, -0.25) is 0 Å². The Morgan fingerprint density at radius 1 is 1.11 bits per heavy atom. The van der Waals surface area contributed by atoms with Crippen molar-refractivity contribution in [2.45, 2.75) is 51.1 Å². The van der Waals surface area contributed by atoms with Crippen LogP contribution >= 0.6 is 0 Å². The second-order valence-corrected chi connectivity index (χ2v) is 11.4. The van der Waals surface area contributed by atoms with Crippen LogP contribution in [0.5, 0.6) is 0 Å². The molecule has 0 aliphatic carbocycles. The SMILES string of the molecule is C[Si](C)(C)CC#CCCC[C@H](O)c1ccccc1. The largest absolute Gasteiger partial charge is 0.388 e. The van der Waals surface area contributed by atoms with Crippen LogP contribution in [0.1, 0.15) is 30.9 Å². The molecule has 0 radical (unpaired) electrons. The first-order chi connectivity index (χ1) is 8.49. The molecule has 1 nitrogen and oxygen atoms in total. The van der Waals surface area contributed by atoms with Gasteiger partial charge in [-0.2, -0.15) is 0 Å². The Labute approximate surface area is 112 Å². The van der Waals surface area contributed by atoms with Gasteiger partial charge in [0, 0.05) is 12.5 Å². The van der Waals surface area contributed by atoms with E-state index in [1.807, 2.05) is 30.3 Å². The van der Waals surface area contributed by atoms with Gasteiger partial charge in [0.1, 0.15) is 0 Å². The number of hydrogen-bond donors (Lipinski definition) is 1. The summed E-state index contributed by atoms with van der Waals surface area (Å²) in [4.78, 5) is 0. The molecule has 0 spiro atoms. The molecule has 1 aromatic carbocycles. The van der Waals surface area contributed by atoms with Crippen LogP contribution in [-0.2, 0) is 0 Å². The highest BCUT2D eigenvalue weighted by Gasteiger charge is 2.09. The Morgan fingerprint density at radius 2 is 1.78 bits per heavy atom. The van der Waals surface area contributed by atoms with Crippen molar-refractivity contribution in [2.24, 2.45) is 0 Å². The minimum atomic E-state index is -1.01. The van der Waals surface area contributed by atoms with Gasteiger partial charge >= 0.3 is 0 Å². The molecule has 0 heterocycles. The molecule has 98 valence electrons. The van der Waals surface area contributed by atoms with Gasteiger partial charge in [0.2, 0.25) is 0 Å². The van der Waals surface area contributed by atoms with Gasteiger partial charge in [0.05, 0.1) is 14.2 Å². The molecule has 0 fully saturated rings. The van der Waals surface area contributed by atoms with Gasteiger partial charge in [-0.25, -0.2) is 0 Å². The molecule has 0 amide bonds. The maximum atomic E-state index is 9.96. The lowest BCUT2D eigenvalue weighted by Crippen LogP contribution is -2.17. The lowest BCUT2D eigenvalue weighted by molar-refractivity contribution is 0.165. The molecule has 0 saturated heterocycles. The Bertz CT molecular complexity index is 395. The second-order valence-electron chi connectivity index (χ2n) is 5.91. The highest BCUT2D eigenvalue weighted by atomic mass is 28.3. The summed E-state index contributed by atoms with van der Waals surface area (Å²) in [6.45, 7) is 7.00. The fraction of sp³-hybridized carbons (Fsp3) is 0.500. The van der Waals surface area contributed by atoms with Gasteiger partial charge in [-0.05, 0) is 18.4 Å². The van der Waals surface area contributed by atoms with E-state index in [-0.39, 0.29) is 6.10 Å². The fourth-order valence-electron chi connectivity index (χ4n) is 1.64. The van der Waals surface area contributed by atoms with Crippen molar-refractivity contribution in [1.82, 2.24) is 0 Å². The summed E-state index contributed by atoms with van der Waals surface area (Å²) in [6.07, 6.45) is 2.32. The molecule has 1 rings (SSSR count). The van der Waals surface area contributed by atoms with Crippen LogP contribution in [0.15, 0.2) is 30.3 Å². The van der Waals surface area contributed by atoms with Gasteiger partial charge in [0.25, 0.3) is 0 Å². The smallest absolute Gasteiger partial charge is 0.0790 e. The first-order valence-corrected chi connectivity index (χ1v) is 10.4. The summed E-state index contributed by atoms with van der Waals surface area (Å²) in [5.74, 6) is 6.49. The molecule has 1 aromatic rings. The molecule has 0 bridgehead atoms. The predicted octanol–water partition coefficient (Wildman–Crippen LogP) is 4.23. The molecule has 0 saturated carbocycles. The molecule has 1 atom stereocenters. The van der Waals surface area contributed by atoms with Crippen LogP contribution in [0.4, 0.5) is 0 Å². The normalized spacial score (nSPS) is 12.7. The summed E-state index contributed by atoms with van der Waals surface area (Å²) in [5, 5.41) is 9.96. The van der Waals surface area contributed by atoms with Crippen molar-refractivity contribution in [3.8, 4) is 11.8 Å². The van der Waals surface area contributed by atoms with Gasteiger partial charge in [-0.1, -0.05) is 50.0 Å². The number of aliphatic hydroxyl groups excluding tert-OH is 1. The molecule has 0 aliphatic rings. The van der Waals surface area contributed by atoms with Crippen LogP contribution in [0.2, 0.25) is 25.7 Å². The van der Waals surface area contributed by atoms with Crippen LogP contribution in [0.3, 0.4) is 0 Å². The van der Waals surface area contributed by atoms with Gasteiger partial charge in [0.15, 0.2) is 0 Å². The summed E-state index contributed by atoms with van der Waals surface area (Å²) < 4.78 is 0. The first-order valence-electron chi connectivity index (χ1n) is 6.68. The quantitative estimate of drug-likeness (QED) is 0.477. The van der Waals surface area contributed by atoms with E-state index in [9.17, 15) is 5.11 Å². The highest BCUT2D eigenvalue weighted by molar-refractivity contribution is 6.76. The second kappa shape index (κ2) is 7.40. The maximum Gasteiger partial charge on any atom is 0.0790 e. The maximum absolute atomic E-state index is 9.96. The van der Waals surface area contributed by atoms with E-state index in [1.165, 1.54) is 0 Å². The van der Waals surface area contributed by atoms with E-state index in [0.717, 1.165) is 30.9 Å². The summed E-state index contributed by atoms with van der Waals surface area (Å²) in [6, 6.07) is 10.9. The molecule has 1 N–H and O–H groups in total. The number of unbranched alkanes of at least 4 members (excludes halogenated alkanes) is 1. The van der Waals surface area contributed by atoms with Crippen molar-refractivity contribution in [1.29, 1.82) is 0 Å². The van der Waals surface area contributed by atoms with E-state index < -0.39 is 8.07 Å². The minimum Gasteiger partial charge on any atom is -0.388 e. The monoisotopic (exact) mass is 260 g/mol. The topological polar surface area (TPSA) is 20.2 Å². The Hall–Kier alpha value is -1.04. The van der Waals surface area contributed by atoms with E-state index >= 15 is 0 Å². The van der Waals surface area contributed by atoms with Crippen LogP contribution in [0.25, 0.3) is 0 Å².